The summed E-state index contributed by atoms with van der Waals surface area (Å²) in [5.74, 6) is 0.977. The van der Waals surface area contributed by atoms with Crippen molar-refractivity contribution in [2.45, 2.75) is 57.8 Å². The molecule has 8 heteroatoms. The molecule has 0 bridgehead atoms. The number of hydrogen-bond acceptors (Lipinski definition) is 5. The van der Waals surface area contributed by atoms with Crippen LogP contribution in [0.25, 0.3) is 22.0 Å². The standard InChI is InChI=1S/C35H34N4O4/c1-7-34(4,5)35-19-29-30-36-27-11-9-8-10-25(27)32(42)37(30)20(2)31(41)39(29)33(35)38(21(3)40)28-17-14-23(18-26(28)35)22-12-15-24(43-6)16-13-22/h7-18,20,29,33H,1,19H2,2-6H3/t20-,29+,33+,35-/m1/s1. The molecule has 7 rings (SSSR count). The molecule has 218 valence electrons. The second-order valence-electron chi connectivity index (χ2n) is 12.4. The van der Waals surface area contributed by atoms with Crippen molar-refractivity contribution >= 4 is 28.4 Å². The van der Waals surface area contributed by atoms with Crippen LogP contribution in [0.3, 0.4) is 0 Å². The average Bonchev–Trinajstić information content (AvgIpc) is 3.51. The molecular weight excluding hydrogens is 540 g/mol. The topological polar surface area (TPSA) is 84.7 Å². The summed E-state index contributed by atoms with van der Waals surface area (Å²) in [7, 11) is 1.64. The molecule has 0 N–H and O–H groups in total. The Labute approximate surface area is 250 Å². The highest BCUT2D eigenvalue weighted by Gasteiger charge is 2.69. The third-order valence-corrected chi connectivity index (χ3v) is 10.1. The lowest BCUT2D eigenvalue weighted by molar-refractivity contribution is -0.141. The number of fused-ring (bicyclic) bond motifs is 8. The molecule has 3 aliphatic rings. The second kappa shape index (κ2) is 9.14. The van der Waals surface area contributed by atoms with E-state index >= 15 is 0 Å². The number of carbonyl (C=O) groups is 2. The van der Waals surface area contributed by atoms with E-state index in [1.54, 1.807) is 36.5 Å². The van der Waals surface area contributed by atoms with Crippen LogP contribution in [-0.4, -0.2) is 39.5 Å². The maximum atomic E-state index is 14.4. The number of nitrogens with zero attached hydrogens (tertiary/aromatic N) is 4. The minimum atomic E-state index is -0.772. The van der Waals surface area contributed by atoms with Gasteiger partial charge >= 0.3 is 0 Å². The van der Waals surface area contributed by atoms with Crippen LogP contribution in [0.1, 0.15) is 57.6 Å². The summed E-state index contributed by atoms with van der Waals surface area (Å²) in [4.78, 5) is 50.3. The van der Waals surface area contributed by atoms with Gasteiger partial charge in [0.2, 0.25) is 11.8 Å². The molecule has 8 nitrogen and oxygen atoms in total. The first-order valence-electron chi connectivity index (χ1n) is 14.6. The molecule has 0 spiro atoms. The minimum Gasteiger partial charge on any atom is -0.497 e. The fraction of sp³-hybridized carbons (Fsp3) is 0.314. The number of allylic oxidation sites excluding steroid dienone is 1. The van der Waals surface area contributed by atoms with Crippen molar-refractivity contribution < 1.29 is 14.3 Å². The number of para-hydroxylation sites is 1. The highest BCUT2D eigenvalue weighted by molar-refractivity contribution is 5.98. The predicted octanol–water partition coefficient (Wildman–Crippen LogP) is 5.76. The van der Waals surface area contributed by atoms with E-state index in [2.05, 4.69) is 26.5 Å². The summed E-state index contributed by atoms with van der Waals surface area (Å²) < 4.78 is 6.93. The van der Waals surface area contributed by atoms with Crippen LogP contribution in [0, 0.1) is 5.41 Å². The molecule has 4 aromatic rings. The van der Waals surface area contributed by atoms with Gasteiger partial charge in [-0.1, -0.05) is 50.3 Å². The van der Waals surface area contributed by atoms with Gasteiger partial charge in [0.05, 0.1) is 24.1 Å². The summed E-state index contributed by atoms with van der Waals surface area (Å²) >= 11 is 0. The van der Waals surface area contributed by atoms with Crippen molar-refractivity contribution in [1.82, 2.24) is 14.5 Å². The van der Waals surface area contributed by atoms with E-state index in [9.17, 15) is 14.4 Å². The summed E-state index contributed by atoms with van der Waals surface area (Å²) in [5.41, 5.74) is 2.87. The van der Waals surface area contributed by atoms with Gasteiger partial charge in [0.25, 0.3) is 5.56 Å². The van der Waals surface area contributed by atoms with Gasteiger partial charge in [-0.3, -0.25) is 23.9 Å². The van der Waals surface area contributed by atoms with Crippen LogP contribution < -0.4 is 15.2 Å². The Bertz CT molecular complexity index is 1910. The normalized spacial score (nSPS) is 23.9. The largest absolute Gasteiger partial charge is 0.497 e. The van der Waals surface area contributed by atoms with E-state index in [0.29, 0.717) is 23.1 Å². The molecule has 3 aromatic carbocycles. The third kappa shape index (κ3) is 3.43. The number of amides is 2. The van der Waals surface area contributed by atoms with E-state index in [-0.39, 0.29) is 17.4 Å². The maximum Gasteiger partial charge on any atom is 0.262 e. The molecule has 43 heavy (non-hydrogen) atoms. The van der Waals surface area contributed by atoms with E-state index in [4.69, 9.17) is 9.72 Å². The van der Waals surface area contributed by atoms with Crippen molar-refractivity contribution in [3.63, 3.8) is 0 Å². The van der Waals surface area contributed by atoms with Crippen LogP contribution in [-0.2, 0) is 15.0 Å². The van der Waals surface area contributed by atoms with Gasteiger partial charge in [-0.15, -0.1) is 6.58 Å². The number of benzene rings is 3. The predicted molar refractivity (Wildman–Crippen MR) is 166 cm³/mol. The van der Waals surface area contributed by atoms with Gasteiger partial charge in [-0.05, 0) is 71.8 Å². The summed E-state index contributed by atoms with van der Waals surface area (Å²) in [6.45, 7) is 11.8. The van der Waals surface area contributed by atoms with Gasteiger partial charge < -0.3 is 9.64 Å². The minimum absolute atomic E-state index is 0.152. The SMILES string of the molecule is C=CC(C)(C)[C@@]12C[C@H]3c4nc5ccccc5c(=O)n4[C@H](C)C(=O)N3[C@@H]1N(C(C)=O)c1ccc(-c3ccc(OC)cc3)cc12. The zero-order valence-electron chi connectivity index (χ0n) is 25.0. The third-order valence-electron chi connectivity index (χ3n) is 10.1. The Morgan fingerprint density at radius 3 is 2.44 bits per heavy atom. The molecule has 4 heterocycles. The van der Waals surface area contributed by atoms with Crippen LogP contribution in [0.2, 0.25) is 0 Å². The van der Waals surface area contributed by atoms with Crippen LogP contribution in [0.4, 0.5) is 5.69 Å². The molecule has 0 saturated carbocycles. The van der Waals surface area contributed by atoms with Crippen molar-refractivity contribution in [2.75, 3.05) is 12.0 Å². The Morgan fingerprint density at radius 2 is 1.77 bits per heavy atom. The summed E-state index contributed by atoms with van der Waals surface area (Å²) in [6, 6.07) is 20.0. The van der Waals surface area contributed by atoms with Gasteiger partial charge in [0.15, 0.2) is 0 Å². The molecule has 1 saturated heterocycles. The molecule has 4 atom stereocenters. The number of hydrogen-bond donors (Lipinski definition) is 0. The van der Waals surface area contributed by atoms with Crippen molar-refractivity contribution in [3.05, 3.63) is 101 Å². The molecule has 0 radical (unpaired) electrons. The van der Waals surface area contributed by atoms with Crippen LogP contribution in [0.5, 0.6) is 5.75 Å². The van der Waals surface area contributed by atoms with Gasteiger partial charge in [-0.2, -0.15) is 0 Å². The Hall–Kier alpha value is -4.72. The molecule has 2 amide bonds. The summed E-state index contributed by atoms with van der Waals surface area (Å²) in [6.07, 6.45) is 1.79. The average molecular weight is 575 g/mol. The van der Waals surface area contributed by atoms with Crippen LogP contribution in [0.15, 0.2) is 84.2 Å². The number of rotatable bonds is 4. The molecule has 0 unspecified atom stereocenters. The quantitative estimate of drug-likeness (QED) is 0.289. The lowest BCUT2D eigenvalue weighted by Crippen LogP contribution is -2.59. The van der Waals surface area contributed by atoms with E-state index in [0.717, 1.165) is 28.1 Å². The first-order valence-corrected chi connectivity index (χ1v) is 14.6. The van der Waals surface area contributed by atoms with E-state index in [1.165, 1.54) is 0 Å². The van der Waals surface area contributed by atoms with Gasteiger partial charge in [0, 0.05) is 18.0 Å². The Kier molecular flexibility index (Phi) is 5.77. The zero-order valence-corrected chi connectivity index (χ0v) is 25.0. The van der Waals surface area contributed by atoms with Gasteiger partial charge in [-0.25, -0.2) is 4.98 Å². The van der Waals surface area contributed by atoms with E-state index < -0.39 is 29.1 Å². The number of carbonyl (C=O) groups excluding carboxylic acids is 2. The fourth-order valence-electron chi connectivity index (χ4n) is 7.76. The second-order valence-corrected chi connectivity index (χ2v) is 12.4. The Balaban J connectivity index is 1.50. The highest BCUT2D eigenvalue weighted by Crippen LogP contribution is 2.66. The smallest absolute Gasteiger partial charge is 0.262 e. The number of aromatic nitrogens is 2. The molecule has 0 aliphatic carbocycles. The monoisotopic (exact) mass is 574 g/mol. The summed E-state index contributed by atoms with van der Waals surface area (Å²) in [5, 5.41) is 0.485. The molecular formula is C35H34N4O4. The van der Waals surface area contributed by atoms with Gasteiger partial charge in [0.1, 0.15) is 23.8 Å². The lowest BCUT2D eigenvalue weighted by atomic mass is 9.60. The fourth-order valence-corrected chi connectivity index (χ4v) is 7.76. The Morgan fingerprint density at radius 1 is 1.07 bits per heavy atom. The number of ether oxygens (including phenoxy) is 1. The van der Waals surface area contributed by atoms with Crippen molar-refractivity contribution in [3.8, 4) is 16.9 Å². The number of anilines is 1. The lowest BCUT2D eigenvalue weighted by Gasteiger charge is -2.46. The first-order chi connectivity index (χ1) is 20.6. The van der Waals surface area contributed by atoms with E-state index in [1.807, 2.05) is 65.6 Å². The van der Waals surface area contributed by atoms with Crippen LogP contribution >= 0.6 is 0 Å². The van der Waals surface area contributed by atoms with Crippen molar-refractivity contribution in [1.29, 1.82) is 0 Å². The molecule has 1 aromatic heterocycles. The zero-order chi connectivity index (χ0) is 30.4. The van der Waals surface area contributed by atoms with Crippen molar-refractivity contribution in [2.24, 2.45) is 5.41 Å². The molecule has 1 fully saturated rings. The maximum absolute atomic E-state index is 14.4. The highest BCUT2D eigenvalue weighted by atomic mass is 16.5. The first kappa shape index (κ1) is 27.1. The number of methoxy groups -OCH3 is 1. The molecule has 3 aliphatic heterocycles.